The molecule has 0 radical (unpaired) electrons. The molecule has 25 heavy (non-hydrogen) atoms. The van der Waals surface area contributed by atoms with Gasteiger partial charge in [-0.1, -0.05) is 6.92 Å². The molecule has 0 aliphatic heterocycles. The topological polar surface area (TPSA) is 88.1 Å². The Morgan fingerprint density at radius 3 is 2.76 bits per heavy atom. The van der Waals surface area contributed by atoms with Crippen LogP contribution in [0, 0.1) is 0 Å². The molecule has 0 spiro atoms. The van der Waals surface area contributed by atoms with Crippen LogP contribution in [0.5, 0.6) is 0 Å². The Kier molecular flexibility index (Phi) is 4.65. The number of nitrogens with zero attached hydrogens (tertiary/aromatic N) is 3. The first-order valence-corrected chi connectivity index (χ1v) is 8.14. The maximum atomic E-state index is 12.7. The van der Waals surface area contributed by atoms with Gasteiger partial charge in [0.2, 0.25) is 0 Å². The molecule has 134 valence electrons. The molecule has 1 aliphatic rings. The van der Waals surface area contributed by atoms with Crippen LogP contribution in [0.2, 0.25) is 0 Å². The van der Waals surface area contributed by atoms with E-state index in [1.165, 1.54) is 16.8 Å². The number of carbonyl (C=O) groups excluding carboxylic acids is 1. The molecule has 2 aromatic heterocycles. The van der Waals surface area contributed by atoms with Crippen molar-refractivity contribution in [2.45, 2.75) is 38.7 Å². The number of pyridine rings is 1. The predicted octanol–water partition coefficient (Wildman–Crippen LogP) is 1.54. The molecule has 1 amide bonds. The summed E-state index contributed by atoms with van der Waals surface area (Å²) in [5.74, 6) is -0.611. The van der Waals surface area contributed by atoms with Crippen molar-refractivity contribution in [3.63, 3.8) is 0 Å². The van der Waals surface area contributed by atoms with E-state index in [0.717, 1.165) is 17.7 Å². The van der Waals surface area contributed by atoms with E-state index in [0.29, 0.717) is 6.42 Å². The minimum atomic E-state index is -2.65. The number of hydrogen-bond donors (Lipinski definition) is 1. The highest BCUT2D eigenvalue weighted by Crippen LogP contribution is 2.34. The highest BCUT2D eigenvalue weighted by Gasteiger charge is 2.28. The summed E-state index contributed by atoms with van der Waals surface area (Å²) in [6.45, 7) is 1.28. The van der Waals surface area contributed by atoms with Gasteiger partial charge in [0, 0.05) is 18.8 Å². The summed E-state index contributed by atoms with van der Waals surface area (Å²) in [5.41, 5.74) is -0.913. The number of fused-ring (bicyclic) bond motifs is 1. The van der Waals surface area contributed by atoms with Crippen molar-refractivity contribution in [3.05, 3.63) is 38.7 Å². The Balaban J connectivity index is 2.05. The van der Waals surface area contributed by atoms with Crippen LogP contribution in [-0.2, 0) is 0 Å². The van der Waals surface area contributed by atoms with Crippen molar-refractivity contribution < 1.29 is 13.6 Å². The van der Waals surface area contributed by atoms with E-state index >= 15 is 0 Å². The Labute approximate surface area is 141 Å². The third kappa shape index (κ3) is 3.45. The lowest BCUT2D eigenvalue weighted by molar-refractivity contribution is 0.0555. The molecule has 1 aliphatic carbocycles. The third-order valence-corrected chi connectivity index (χ3v) is 4.08. The smallest absolute Gasteiger partial charge is 0.330 e. The van der Waals surface area contributed by atoms with Crippen LogP contribution in [0.25, 0.3) is 11.0 Å². The highest BCUT2D eigenvalue weighted by molar-refractivity contribution is 5.96. The standard InChI is InChI=1S/C16H18F2N4O3/c1-2-5-21(8-12(17)18)15(24)9-6-11-13(19-7-9)22(10-3-4-10)16(25)20-14(11)23/h6-7,10,12H,2-5,8H2,1H3,(H,20,23,25). The van der Waals surface area contributed by atoms with E-state index in [4.69, 9.17) is 0 Å². The normalized spacial score (nSPS) is 14.2. The number of nitrogens with one attached hydrogen (secondary N) is 1. The summed E-state index contributed by atoms with van der Waals surface area (Å²) >= 11 is 0. The third-order valence-electron chi connectivity index (χ3n) is 4.08. The zero-order valence-corrected chi connectivity index (χ0v) is 13.7. The number of halogens is 2. The molecule has 3 rings (SSSR count). The molecule has 2 aromatic rings. The predicted molar refractivity (Wildman–Crippen MR) is 87.1 cm³/mol. The van der Waals surface area contributed by atoms with Crippen LogP contribution in [-0.4, -0.2) is 44.9 Å². The summed E-state index contributed by atoms with van der Waals surface area (Å²) in [4.78, 5) is 43.9. The van der Waals surface area contributed by atoms with Crippen LogP contribution in [0.15, 0.2) is 21.9 Å². The lowest BCUT2D eigenvalue weighted by Crippen LogP contribution is -2.36. The largest absolute Gasteiger partial charge is 0.333 e. The number of aromatic amines is 1. The Hall–Kier alpha value is -2.58. The molecule has 1 saturated carbocycles. The quantitative estimate of drug-likeness (QED) is 0.854. The van der Waals surface area contributed by atoms with Crippen molar-refractivity contribution in [1.29, 1.82) is 0 Å². The number of H-pyrrole nitrogens is 1. The summed E-state index contributed by atoms with van der Waals surface area (Å²) < 4.78 is 26.8. The molecule has 7 nitrogen and oxygen atoms in total. The molecular formula is C16H18F2N4O3. The summed E-state index contributed by atoms with van der Waals surface area (Å²) in [6.07, 6.45) is 0.759. The molecule has 1 fully saturated rings. The van der Waals surface area contributed by atoms with Crippen LogP contribution in [0.4, 0.5) is 8.78 Å². The molecule has 1 N–H and O–H groups in total. The minimum absolute atomic E-state index is 0.00340. The van der Waals surface area contributed by atoms with Gasteiger partial charge in [-0.3, -0.25) is 19.1 Å². The lowest BCUT2D eigenvalue weighted by Gasteiger charge is -2.21. The fraction of sp³-hybridized carbons (Fsp3) is 0.500. The fourth-order valence-corrected chi connectivity index (χ4v) is 2.82. The van der Waals surface area contributed by atoms with Crippen LogP contribution < -0.4 is 11.2 Å². The van der Waals surface area contributed by atoms with Crippen molar-refractivity contribution in [1.82, 2.24) is 19.4 Å². The van der Waals surface area contributed by atoms with Crippen LogP contribution in [0.3, 0.4) is 0 Å². The number of aromatic nitrogens is 3. The monoisotopic (exact) mass is 352 g/mol. The molecule has 0 atom stereocenters. The van der Waals surface area contributed by atoms with Crippen molar-refractivity contribution in [2.75, 3.05) is 13.1 Å². The second-order valence-corrected chi connectivity index (χ2v) is 6.10. The minimum Gasteiger partial charge on any atom is -0.333 e. The Morgan fingerprint density at radius 1 is 1.44 bits per heavy atom. The van der Waals surface area contributed by atoms with Crippen molar-refractivity contribution >= 4 is 16.9 Å². The van der Waals surface area contributed by atoms with Gasteiger partial charge in [-0.25, -0.2) is 18.6 Å². The average Bonchev–Trinajstić information content (AvgIpc) is 3.38. The molecule has 2 heterocycles. The maximum absolute atomic E-state index is 12.7. The molecule has 0 saturated heterocycles. The average molecular weight is 352 g/mol. The van der Waals surface area contributed by atoms with Gasteiger partial charge in [0.05, 0.1) is 17.5 Å². The van der Waals surface area contributed by atoms with Gasteiger partial charge in [0.1, 0.15) is 5.65 Å². The molecule has 0 unspecified atom stereocenters. The van der Waals surface area contributed by atoms with E-state index in [1.54, 1.807) is 6.92 Å². The fourth-order valence-electron chi connectivity index (χ4n) is 2.82. The van der Waals surface area contributed by atoms with Crippen molar-refractivity contribution in [3.8, 4) is 0 Å². The number of rotatable bonds is 6. The Morgan fingerprint density at radius 2 is 2.16 bits per heavy atom. The van der Waals surface area contributed by atoms with Gasteiger partial charge >= 0.3 is 5.69 Å². The van der Waals surface area contributed by atoms with Gasteiger partial charge < -0.3 is 4.90 Å². The first-order valence-electron chi connectivity index (χ1n) is 8.14. The zero-order chi connectivity index (χ0) is 18.1. The molecule has 9 heteroatoms. The first kappa shape index (κ1) is 17.2. The van der Waals surface area contributed by atoms with E-state index in [-0.39, 0.29) is 29.2 Å². The van der Waals surface area contributed by atoms with Gasteiger partial charge in [-0.05, 0) is 25.3 Å². The number of hydrogen-bond acceptors (Lipinski definition) is 4. The van der Waals surface area contributed by atoms with Gasteiger partial charge in [0.15, 0.2) is 0 Å². The van der Waals surface area contributed by atoms with E-state index in [1.807, 2.05) is 0 Å². The second-order valence-electron chi connectivity index (χ2n) is 6.10. The summed E-state index contributed by atoms with van der Waals surface area (Å²) in [6, 6.07) is 1.31. The molecule has 0 aromatic carbocycles. The maximum Gasteiger partial charge on any atom is 0.330 e. The molecule has 0 bridgehead atoms. The first-order chi connectivity index (χ1) is 11.9. The van der Waals surface area contributed by atoms with Crippen LogP contribution in [0.1, 0.15) is 42.6 Å². The SMILES string of the molecule is CCCN(CC(F)F)C(=O)c1cnc2c(c1)c(=O)[nH]c(=O)n2C1CC1. The number of amides is 1. The number of alkyl halides is 2. The molecular weight excluding hydrogens is 334 g/mol. The highest BCUT2D eigenvalue weighted by atomic mass is 19.3. The van der Waals surface area contributed by atoms with E-state index in [2.05, 4.69) is 9.97 Å². The second kappa shape index (κ2) is 6.73. The zero-order valence-electron chi connectivity index (χ0n) is 13.7. The van der Waals surface area contributed by atoms with Gasteiger partial charge in [-0.15, -0.1) is 0 Å². The Bertz CT molecular complexity index is 918. The number of carbonyl (C=O) groups is 1. The van der Waals surface area contributed by atoms with E-state index in [9.17, 15) is 23.2 Å². The van der Waals surface area contributed by atoms with Gasteiger partial charge in [0.25, 0.3) is 17.9 Å². The van der Waals surface area contributed by atoms with E-state index < -0.39 is 30.1 Å². The van der Waals surface area contributed by atoms with Crippen molar-refractivity contribution in [2.24, 2.45) is 0 Å². The lowest BCUT2D eigenvalue weighted by atomic mass is 10.2. The summed E-state index contributed by atoms with van der Waals surface area (Å²) in [5, 5.41) is 0.103. The van der Waals surface area contributed by atoms with Gasteiger partial charge in [-0.2, -0.15) is 0 Å². The van der Waals surface area contributed by atoms with Crippen LogP contribution >= 0.6 is 0 Å². The summed E-state index contributed by atoms with van der Waals surface area (Å²) in [7, 11) is 0.